The minimum atomic E-state index is -5.11. The van der Waals surface area contributed by atoms with Crippen LogP contribution in [0.15, 0.2) is 35.1 Å². The summed E-state index contributed by atoms with van der Waals surface area (Å²) < 4.78 is 92.7. The molecule has 2 aromatic carbocycles. The number of methoxy groups -OCH3 is 1. The summed E-state index contributed by atoms with van der Waals surface area (Å²) in [6.45, 7) is 0.999. The Kier molecular flexibility index (Phi) is 7.10. The van der Waals surface area contributed by atoms with Crippen molar-refractivity contribution in [3.8, 4) is 28.5 Å². The van der Waals surface area contributed by atoms with E-state index in [1.54, 1.807) is 0 Å². The SMILES string of the molecule is COc1c(Oc2cc(C(F)(F)F)c(F)cc2-c2[nH]c(C)cc(=O)c2NCCO)ccc(F)c1F. The fourth-order valence-electron chi connectivity index (χ4n) is 3.20. The Hall–Kier alpha value is -3.67. The number of nitrogens with one attached hydrogen (secondary N) is 2. The van der Waals surface area contributed by atoms with Crippen LogP contribution in [-0.4, -0.2) is 30.4 Å². The highest BCUT2D eigenvalue weighted by Crippen LogP contribution is 2.43. The first-order valence-corrected chi connectivity index (χ1v) is 9.67. The first-order valence-electron chi connectivity index (χ1n) is 9.67. The van der Waals surface area contributed by atoms with E-state index < -0.39 is 51.9 Å². The summed E-state index contributed by atoms with van der Waals surface area (Å²) in [6, 6.07) is 3.61. The van der Waals surface area contributed by atoms with Crippen molar-refractivity contribution in [2.24, 2.45) is 0 Å². The van der Waals surface area contributed by atoms with Crippen molar-refractivity contribution in [3.05, 3.63) is 69.3 Å². The molecule has 12 heteroatoms. The molecular formula is C22H18F6N2O4. The van der Waals surface area contributed by atoms with E-state index in [0.717, 1.165) is 13.2 Å². The van der Waals surface area contributed by atoms with Gasteiger partial charge in [-0.15, -0.1) is 0 Å². The summed E-state index contributed by atoms with van der Waals surface area (Å²) in [6.07, 6.45) is -5.11. The number of hydrogen-bond donors (Lipinski definition) is 3. The Morgan fingerprint density at radius 1 is 1.06 bits per heavy atom. The third-order valence-electron chi connectivity index (χ3n) is 4.66. The lowest BCUT2D eigenvalue weighted by Crippen LogP contribution is -2.17. The number of aliphatic hydroxyl groups excluding tert-OH is 1. The molecule has 0 radical (unpaired) electrons. The van der Waals surface area contributed by atoms with Crippen LogP contribution in [0.5, 0.6) is 17.2 Å². The lowest BCUT2D eigenvalue weighted by molar-refractivity contribution is -0.140. The van der Waals surface area contributed by atoms with Gasteiger partial charge in [-0.25, -0.2) is 8.78 Å². The lowest BCUT2D eigenvalue weighted by atomic mass is 10.0. The van der Waals surface area contributed by atoms with Crippen molar-refractivity contribution < 1.29 is 40.9 Å². The standard InChI is InChI=1S/C22H18F6N2O4/c1-10-7-15(32)20(29-5-6-31)19(30-10)11-8-14(24)12(22(26,27)28)9-17(11)34-16-4-3-13(23)18(25)21(16)33-2/h3-4,7-9,29,31H,5-6H2,1-2H3,(H,30,32). The van der Waals surface area contributed by atoms with Crippen LogP contribution in [0.1, 0.15) is 11.3 Å². The monoisotopic (exact) mass is 488 g/mol. The first kappa shape index (κ1) is 25.0. The number of alkyl halides is 3. The van der Waals surface area contributed by atoms with Crippen LogP contribution in [0.3, 0.4) is 0 Å². The van der Waals surface area contributed by atoms with Crippen molar-refractivity contribution in [3.63, 3.8) is 0 Å². The number of aromatic amines is 1. The number of rotatable bonds is 7. The summed E-state index contributed by atoms with van der Waals surface area (Å²) in [5.74, 6) is -6.27. The molecule has 0 bridgehead atoms. The molecule has 0 saturated carbocycles. The predicted molar refractivity (Wildman–Crippen MR) is 111 cm³/mol. The van der Waals surface area contributed by atoms with Crippen molar-refractivity contribution in [1.82, 2.24) is 4.98 Å². The van der Waals surface area contributed by atoms with E-state index in [0.29, 0.717) is 18.2 Å². The Morgan fingerprint density at radius 2 is 1.76 bits per heavy atom. The van der Waals surface area contributed by atoms with E-state index >= 15 is 0 Å². The van der Waals surface area contributed by atoms with Gasteiger partial charge in [-0.05, 0) is 31.2 Å². The Morgan fingerprint density at radius 3 is 2.38 bits per heavy atom. The Balaban J connectivity index is 2.31. The molecule has 1 heterocycles. The Labute approximate surface area is 188 Å². The van der Waals surface area contributed by atoms with Gasteiger partial charge in [0.15, 0.2) is 11.6 Å². The van der Waals surface area contributed by atoms with Crippen molar-refractivity contribution in [1.29, 1.82) is 0 Å². The molecule has 3 rings (SSSR count). The maximum Gasteiger partial charge on any atom is 0.419 e. The molecule has 0 unspecified atom stereocenters. The van der Waals surface area contributed by atoms with E-state index in [4.69, 9.17) is 14.6 Å². The van der Waals surface area contributed by atoms with Crippen LogP contribution >= 0.6 is 0 Å². The first-order chi connectivity index (χ1) is 16.0. The van der Waals surface area contributed by atoms with Gasteiger partial charge in [-0.1, -0.05) is 0 Å². The van der Waals surface area contributed by atoms with Crippen LogP contribution in [-0.2, 0) is 6.18 Å². The van der Waals surface area contributed by atoms with E-state index in [9.17, 15) is 31.1 Å². The van der Waals surface area contributed by atoms with Gasteiger partial charge in [0.25, 0.3) is 0 Å². The van der Waals surface area contributed by atoms with Crippen LogP contribution in [0.2, 0.25) is 0 Å². The molecule has 0 fully saturated rings. The van der Waals surface area contributed by atoms with E-state index in [1.165, 1.54) is 13.0 Å². The number of H-pyrrole nitrogens is 1. The fourth-order valence-corrected chi connectivity index (χ4v) is 3.20. The molecule has 3 N–H and O–H groups in total. The summed E-state index contributed by atoms with van der Waals surface area (Å²) in [5, 5.41) is 11.7. The van der Waals surface area contributed by atoms with Gasteiger partial charge in [0, 0.05) is 23.9 Å². The molecule has 0 spiro atoms. The van der Waals surface area contributed by atoms with Gasteiger partial charge >= 0.3 is 6.18 Å². The van der Waals surface area contributed by atoms with Crippen LogP contribution in [0, 0.1) is 24.4 Å². The molecule has 182 valence electrons. The molecule has 34 heavy (non-hydrogen) atoms. The molecule has 6 nitrogen and oxygen atoms in total. The number of aromatic nitrogens is 1. The summed E-state index contributed by atoms with van der Waals surface area (Å²) in [5.41, 5.74) is -2.67. The van der Waals surface area contributed by atoms with Gasteiger partial charge in [-0.3, -0.25) is 4.79 Å². The average molecular weight is 488 g/mol. The zero-order valence-corrected chi connectivity index (χ0v) is 17.7. The number of pyridine rings is 1. The number of hydrogen-bond acceptors (Lipinski definition) is 5. The van der Waals surface area contributed by atoms with Crippen molar-refractivity contribution in [2.75, 3.05) is 25.6 Å². The van der Waals surface area contributed by atoms with E-state index in [2.05, 4.69) is 10.3 Å². The molecule has 0 aliphatic carbocycles. The highest BCUT2D eigenvalue weighted by molar-refractivity contribution is 5.79. The van der Waals surface area contributed by atoms with Crippen LogP contribution in [0.25, 0.3) is 11.3 Å². The predicted octanol–water partition coefficient (Wildman–Crippen LogP) is 4.99. The molecule has 0 amide bonds. The third-order valence-corrected chi connectivity index (χ3v) is 4.66. The highest BCUT2D eigenvalue weighted by Gasteiger charge is 2.36. The number of benzene rings is 2. The number of aryl methyl sites for hydroxylation is 1. The second-order valence-electron chi connectivity index (χ2n) is 7.04. The minimum absolute atomic E-state index is 0.102. The zero-order chi connectivity index (χ0) is 25.2. The normalized spacial score (nSPS) is 11.4. The maximum atomic E-state index is 14.5. The van der Waals surface area contributed by atoms with Gasteiger partial charge in [0.1, 0.15) is 17.3 Å². The molecule has 1 aromatic heterocycles. The summed E-state index contributed by atoms with van der Waals surface area (Å²) in [4.78, 5) is 15.3. The number of ether oxygens (including phenoxy) is 2. The second-order valence-corrected chi connectivity index (χ2v) is 7.04. The maximum absolute atomic E-state index is 14.5. The van der Waals surface area contributed by atoms with E-state index in [1.807, 2.05) is 0 Å². The fraction of sp³-hybridized carbons (Fsp3) is 0.227. The quantitative estimate of drug-likeness (QED) is 0.408. The van der Waals surface area contributed by atoms with Crippen molar-refractivity contribution >= 4 is 5.69 Å². The van der Waals surface area contributed by atoms with Gasteiger partial charge in [-0.2, -0.15) is 17.6 Å². The van der Waals surface area contributed by atoms with Gasteiger partial charge in [0.05, 0.1) is 25.0 Å². The highest BCUT2D eigenvalue weighted by atomic mass is 19.4. The molecule has 0 aliphatic heterocycles. The van der Waals surface area contributed by atoms with Gasteiger partial charge < -0.3 is 24.9 Å². The topological polar surface area (TPSA) is 83.6 Å². The number of aliphatic hydroxyl groups is 1. The number of halogens is 6. The number of anilines is 1. The Bertz CT molecular complexity index is 1270. The lowest BCUT2D eigenvalue weighted by Gasteiger charge is -2.19. The van der Waals surface area contributed by atoms with Crippen LogP contribution < -0.4 is 20.2 Å². The largest absolute Gasteiger partial charge is 0.490 e. The van der Waals surface area contributed by atoms with E-state index in [-0.39, 0.29) is 35.8 Å². The molecule has 3 aromatic rings. The van der Waals surface area contributed by atoms with Crippen LogP contribution in [0.4, 0.5) is 32.0 Å². The summed E-state index contributed by atoms with van der Waals surface area (Å²) in [7, 11) is 0.992. The third kappa shape index (κ3) is 4.96. The molecule has 0 atom stereocenters. The zero-order valence-electron chi connectivity index (χ0n) is 17.7. The molecular weight excluding hydrogens is 470 g/mol. The summed E-state index contributed by atoms with van der Waals surface area (Å²) >= 11 is 0. The molecule has 0 aliphatic rings. The average Bonchev–Trinajstić information content (AvgIpc) is 2.75. The van der Waals surface area contributed by atoms with Crippen molar-refractivity contribution in [2.45, 2.75) is 13.1 Å². The smallest absolute Gasteiger partial charge is 0.419 e. The minimum Gasteiger partial charge on any atom is -0.490 e. The molecule has 0 saturated heterocycles. The van der Waals surface area contributed by atoms with Gasteiger partial charge in [0.2, 0.25) is 17.0 Å². The second kappa shape index (κ2) is 9.67.